The molecule has 16 heavy (non-hydrogen) atoms. The molecule has 1 heterocycles. The molecular formula is C11H15BrN2O2. The van der Waals surface area contributed by atoms with E-state index in [0.29, 0.717) is 5.69 Å². The van der Waals surface area contributed by atoms with Gasteiger partial charge in [-0.1, -0.05) is 12.8 Å². The second kappa shape index (κ2) is 5.01. The summed E-state index contributed by atoms with van der Waals surface area (Å²) in [4.78, 5) is 14.7. The van der Waals surface area contributed by atoms with Crippen LogP contribution < -0.4 is 5.32 Å². The third kappa shape index (κ3) is 2.65. The molecule has 0 unspecified atom stereocenters. The Bertz CT molecular complexity index is 378. The normalized spacial score (nSPS) is 25.4. The number of aliphatic hydroxyl groups is 1. The Morgan fingerprint density at radius 3 is 2.88 bits per heavy atom. The fourth-order valence-electron chi connectivity index (χ4n) is 2.02. The lowest BCUT2D eigenvalue weighted by atomic mass is 9.92. The van der Waals surface area contributed by atoms with Crippen LogP contribution in [0.2, 0.25) is 0 Å². The van der Waals surface area contributed by atoms with Crippen LogP contribution in [-0.2, 0) is 0 Å². The number of hydrogen-bond acceptors (Lipinski definition) is 2. The van der Waals surface area contributed by atoms with Gasteiger partial charge < -0.3 is 15.4 Å². The van der Waals surface area contributed by atoms with Crippen LogP contribution in [0.4, 0.5) is 0 Å². The minimum atomic E-state index is -0.406. The highest BCUT2D eigenvalue weighted by Crippen LogP contribution is 2.19. The number of halogens is 1. The summed E-state index contributed by atoms with van der Waals surface area (Å²) in [5.74, 6) is -0.156. The quantitative estimate of drug-likeness (QED) is 0.776. The first-order valence-corrected chi connectivity index (χ1v) is 6.29. The van der Waals surface area contributed by atoms with Gasteiger partial charge in [-0.25, -0.2) is 0 Å². The van der Waals surface area contributed by atoms with Crippen LogP contribution in [-0.4, -0.2) is 28.1 Å². The Labute approximate surface area is 103 Å². The molecule has 0 aromatic carbocycles. The van der Waals surface area contributed by atoms with E-state index in [1.165, 1.54) is 0 Å². The van der Waals surface area contributed by atoms with Crippen molar-refractivity contribution in [2.75, 3.05) is 0 Å². The molecule has 1 aliphatic rings. The first-order chi connectivity index (χ1) is 7.66. The van der Waals surface area contributed by atoms with Gasteiger partial charge in [-0.05, 0) is 34.8 Å². The topological polar surface area (TPSA) is 65.1 Å². The maximum absolute atomic E-state index is 11.8. The summed E-state index contributed by atoms with van der Waals surface area (Å²) >= 11 is 3.28. The lowest BCUT2D eigenvalue weighted by molar-refractivity contribution is 0.0714. The predicted octanol–water partition coefficient (Wildman–Crippen LogP) is 1.81. The van der Waals surface area contributed by atoms with E-state index in [9.17, 15) is 9.90 Å². The van der Waals surface area contributed by atoms with Gasteiger partial charge in [0.1, 0.15) is 5.69 Å². The van der Waals surface area contributed by atoms with Gasteiger partial charge >= 0.3 is 0 Å². The lowest BCUT2D eigenvalue weighted by Gasteiger charge is -2.28. The zero-order chi connectivity index (χ0) is 11.5. The molecular weight excluding hydrogens is 272 g/mol. The van der Waals surface area contributed by atoms with Gasteiger partial charge in [-0.15, -0.1) is 0 Å². The molecule has 0 saturated heterocycles. The fraction of sp³-hybridized carbons (Fsp3) is 0.545. The fourth-order valence-corrected chi connectivity index (χ4v) is 2.37. The van der Waals surface area contributed by atoms with Gasteiger partial charge in [0.25, 0.3) is 5.91 Å². The molecule has 0 spiro atoms. The van der Waals surface area contributed by atoms with Crippen LogP contribution >= 0.6 is 15.9 Å². The van der Waals surface area contributed by atoms with Crippen LogP contribution in [0.1, 0.15) is 36.2 Å². The monoisotopic (exact) mass is 286 g/mol. The number of carbonyl (C=O) groups excluding carboxylic acids is 1. The Balaban J connectivity index is 1.96. The van der Waals surface area contributed by atoms with Gasteiger partial charge in [0.15, 0.2) is 0 Å². The van der Waals surface area contributed by atoms with Crippen LogP contribution in [0.5, 0.6) is 0 Å². The highest BCUT2D eigenvalue weighted by Gasteiger charge is 2.25. The summed E-state index contributed by atoms with van der Waals surface area (Å²) in [7, 11) is 0. The van der Waals surface area contributed by atoms with Crippen LogP contribution in [0.25, 0.3) is 0 Å². The number of aromatic nitrogens is 1. The number of aliphatic hydroxyl groups excluding tert-OH is 1. The van der Waals surface area contributed by atoms with E-state index in [0.717, 1.165) is 30.2 Å². The Morgan fingerprint density at radius 1 is 1.50 bits per heavy atom. The van der Waals surface area contributed by atoms with Gasteiger partial charge in [-0.2, -0.15) is 0 Å². The zero-order valence-corrected chi connectivity index (χ0v) is 10.5. The third-order valence-electron chi connectivity index (χ3n) is 2.94. The van der Waals surface area contributed by atoms with Crippen molar-refractivity contribution in [1.82, 2.24) is 10.3 Å². The van der Waals surface area contributed by atoms with E-state index in [2.05, 4.69) is 26.2 Å². The van der Waals surface area contributed by atoms with E-state index in [4.69, 9.17) is 0 Å². The van der Waals surface area contributed by atoms with Crippen molar-refractivity contribution in [3.63, 3.8) is 0 Å². The highest BCUT2D eigenvalue weighted by molar-refractivity contribution is 9.10. The molecule has 1 saturated carbocycles. The summed E-state index contributed by atoms with van der Waals surface area (Å²) in [6.45, 7) is 0. The van der Waals surface area contributed by atoms with Crippen LogP contribution in [0.15, 0.2) is 16.7 Å². The number of carbonyl (C=O) groups is 1. The Kier molecular flexibility index (Phi) is 3.66. The van der Waals surface area contributed by atoms with Crippen molar-refractivity contribution in [2.45, 2.75) is 37.8 Å². The first kappa shape index (κ1) is 11.7. The molecule has 3 N–H and O–H groups in total. The van der Waals surface area contributed by atoms with Gasteiger partial charge in [0.05, 0.1) is 12.1 Å². The summed E-state index contributed by atoms with van der Waals surface area (Å²) in [6, 6.07) is 1.62. The van der Waals surface area contributed by atoms with E-state index < -0.39 is 6.10 Å². The van der Waals surface area contributed by atoms with E-state index in [1.54, 1.807) is 12.3 Å². The lowest BCUT2D eigenvalue weighted by Crippen LogP contribution is -2.45. The van der Waals surface area contributed by atoms with Gasteiger partial charge in [0, 0.05) is 10.7 Å². The van der Waals surface area contributed by atoms with Gasteiger partial charge in [0.2, 0.25) is 0 Å². The third-order valence-corrected chi connectivity index (χ3v) is 3.40. The maximum atomic E-state index is 11.8. The molecule has 88 valence electrons. The van der Waals surface area contributed by atoms with E-state index in [-0.39, 0.29) is 11.9 Å². The molecule has 0 aliphatic heterocycles. The second-order valence-corrected chi connectivity index (χ2v) is 5.08. The van der Waals surface area contributed by atoms with Crippen molar-refractivity contribution in [3.05, 3.63) is 22.4 Å². The molecule has 0 radical (unpaired) electrons. The molecule has 2 atom stereocenters. The minimum absolute atomic E-state index is 0.108. The summed E-state index contributed by atoms with van der Waals surface area (Å²) in [5, 5.41) is 12.6. The van der Waals surface area contributed by atoms with E-state index in [1.807, 2.05) is 0 Å². The predicted molar refractivity (Wildman–Crippen MR) is 64.2 cm³/mol. The summed E-state index contributed by atoms with van der Waals surface area (Å²) in [6.07, 6.45) is 5.05. The SMILES string of the molecule is O=C(N[C@H]1CCCC[C@@H]1O)c1cc(Br)c[nH]1. The largest absolute Gasteiger partial charge is 0.391 e. The molecule has 0 bridgehead atoms. The van der Waals surface area contributed by atoms with Crippen molar-refractivity contribution >= 4 is 21.8 Å². The number of amides is 1. The molecule has 1 aromatic heterocycles. The number of H-pyrrole nitrogens is 1. The average Bonchev–Trinajstić information content (AvgIpc) is 2.68. The molecule has 4 nitrogen and oxygen atoms in total. The molecule has 1 fully saturated rings. The Hall–Kier alpha value is -0.810. The summed E-state index contributed by atoms with van der Waals surface area (Å²) < 4.78 is 0.849. The number of aromatic amines is 1. The average molecular weight is 287 g/mol. The van der Waals surface area contributed by atoms with Gasteiger partial charge in [-0.3, -0.25) is 4.79 Å². The maximum Gasteiger partial charge on any atom is 0.268 e. The van der Waals surface area contributed by atoms with Crippen LogP contribution in [0.3, 0.4) is 0 Å². The zero-order valence-electron chi connectivity index (χ0n) is 8.87. The minimum Gasteiger partial charge on any atom is -0.391 e. The molecule has 1 amide bonds. The number of hydrogen-bond donors (Lipinski definition) is 3. The Morgan fingerprint density at radius 2 is 2.25 bits per heavy atom. The highest BCUT2D eigenvalue weighted by atomic mass is 79.9. The van der Waals surface area contributed by atoms with Crippen molar-refractivity contribution in [2.24, 2.45) is 0 Å². The number of rotatable bonds is 2. The summed E-state index contributed by atoms with van der Waals surface area (Å²) in [5.41, 5.74) is 0.518. The standard InChI is InChI=1S/C11H15BrN2O2/c12-7-5-9(13-6-7)11(16)14-8-3-1-2-4-10(8)15/h5-6,8,10,13,15H,1-4H2,(H,14,16)/t8-,10-/m0/s1. The molecule has 1 aliphatic carbocycles. The number of nitrogens with one attached hydrogen (secondary N) is 2. The molecule has 2 rings (SSSR count). The van der Waals surface area contributed by atoms with Crippen LogP contribution in [0, 0.1) is 0 Å². The van der Waals surface area contributed by atoms with Crippen molar-refractivity contribution in [1.29, 1.82) is 0 Å². The molecule has 5 heteroatoms. The molecule has 1 aromatic rings. The first-order valence-electron chi connectivity index (χ1n) is 5.49. The van der Waals surface area contributed by atoms with Crippen molar-refractivity contribution in [3.8, 4) is 0 Å². The van der Waals surface area contributed by atoms with Crippen molar-refractivity contribution < 1.29 is 9.90 Å². The smallest absolute Gasteiger partial charge is 0.268 e. The van der Waals surface area contributed by atoms with E-state index >= 15 is 0 Å². The second-order valence-electron chi connectivity index (χ2n) is 4.16.